The van der Waals surface area contributed by atoms with E-state index in [1.54, 1.807) is 6.92 Å². The number of aliphatic hydroxyl groups is 1. The van der Waals surface area contributed by atoms with Crippen molar-refractivity contribution in [3.05, 3.63) is 34.9 Å². The topological polar surface area (TPSA) is 29.5 Å². The van der Waals surface area contributed by atoms with Crippen molar-refractivity contribution < 1.29 is 36.2 Å². The smallest absolute Gasteiger partial charge is 0.390 e. The van der Waals surface area contributed by atoms with Gasteiger partial charge in [0, 0.05) is 0 Å². The van der Waals surface area contributed by atoms with Gasteiger partial charge < -0.3 is 9.84 Å². The molecule has 0 unspecified atom stereocenters. The van der Waals surface area contributed by atoms with Gasteiger partial charge in [-0.3, -0.25) is 0 Å². The van der Waals surface area contributed by atoms with Crippen LogP contribution in [0.3, 0.4) is 0 Å². The third-order valence-electron chi connectivity index (χ3n) is 4.12. The van der Waals surface area contributed by atoms with Crippen LogP contribution in [0.1, 0.15) is 49.5 Å². The summed E-state index contributed by atoms with van der Waals surface area (Å²) in [7, 11) is 0. The molecule has 1 aliphatic rings. The molecule has 1 N–H and O–H groups in total. The second kappa shape index (κ2) is 6.22. The van der Waals surface area contributed by atoms with E-state index in [9.17, 15) is 31.4 Å². The second-order valence-corrected chi connectivity index (χ2v) is 6.59. The molecule has 0 heterocycles. The van der Waals surface area contributed by atoms with Crippen molar-refractivity contribution in [2.45, 2.75) is 50.7 Å². The Morgan fingerprint density at radius 3 is 1.92 bits per heavy atom. The summed E-state index contributed by atoms with van der Waals surface area (Å²) in [5, 5.41) is 9.61. The molecule has 0 aliphatic heterocycles. The van der Waals surface area contributed by atoms with Crippen molar-refractivity contribution in [1.82, 2.24) is 0 Å². The van der Waals surface area contributed by atoms with Gasteiger partial charge in [-0.25, -0.2) is 0 Å². The lowest BCUT2D eigenvalue weighted by atomic mass is 9.73. The van der Waals surface area contributed by atoms with Crippen LogP contribution in [-0.2, 0) is 17.1 Å². The third-order valence-corrected chi connectivity index (χ3v) is 4.12. The minimum absolute atomic E-state index is 0.0512. The van der Waals surface area contributed by atoms with Gasteiger partial charge in [0.05, 0.1) is 29.4 Å². The first kappa shape index (κ1) is 19.1. The van der Waals surface area contributed by atoms with Crippen LogP contribution in [-0.4, -0.2) is 17.3 Å². The van der Waals surface area contributed by atoms with Crippen molar-refractivity contribution >= 4 is 0 Å². The van der Waals surface area contributed by atoms with E-state index in [1.807, 2.05) is 0 Å². The maximum atomic E-state index is 12.8. The third kappa shape index (κ3) is 4.63. The number of halogens is 6. The summed E-state index contributed by atoms with van der Waals surface area (Å²) in [5.41, 5.74) is -3.65. The van der Waals surface area contributed by atoms with Crippen molar-refractivity contribution in [2.24, 2.45) is 5.92 Å². The highest BCUT2D eigenvalue weighted by Crippen LogP contribution is 2.40. The molecule has 0 amide bonds. The maximum Gasteiger partial charge on any atom is 0.416 e. The van der Waals surface area contributed by atoms with Gasteiger partial charge in [-0.2, -0.15) is 26.3 Å². The summed E-state index contributed by atoms with van der Waals surface area (Å²) in [5.74, 6) is 0.0512. The Morgan fingerprint density at radius 1 is 1.08 bits per heavy atom. The summed E-state index contributed by atoms with van der Waals surface area (Å²) in [6, 6.07) is 1.45. The number of hydrogen-bond donors (Lipinski definition) is 1. The van der Waals surface area contributed by atoms with Crippen LogP contribution < -0.4 is 0 Å². The highest BCUT2D eigenvalue weighted by Gasteiger charge is 2.39. The summed E-state index contributed by atoms with van der Waals surface area (Å²) in [6.45, 7) is 3.25. The lowest BCUT2D eigenvalue weighted by Crippen LogP contribution is -2.42. The fourth-order valence-corrected chi connectivity index (χ4v) is 2.89. The SMILES string of the molecule is C[C@@H](OCC1CC(C)(O)C1)c1cc(C(F)(F)F)cc(C(F)(F)F)c1. The number of benzene rings is 1. The lowest BCUT2D eigenvalue weighted by Gasteiger charge is -2.41. The Morgan fingerprint density at radius 2 is 1.54 bits per heavy atom. The quantitative estimate of drug-likeness (QED) is 0.773. The van der Waals surface area contributed by atoms with Gasteiger partial charge in [0.1, 0.15) is 0 Å². The molecule has 8 heteroatoms. The summed E-state index contributed by atoms with van der Waals surface area (Å²) in [6.07, 6.45) is -9.67. The van der Waals surface area contributed by atoms with Crippen molar-refractivity contribution in [3.63, 3.8) is 0 Å². The number of rotatable bonds is 4. The molecular weight excluding hydrogens is 338 g/mol. The van der Waals surface area contributed by atoms with Gasteiger partial charge in [0.2, 0.25) is 0 Å². The normalized spacial score (nSPS) is 26.1. The van der Waals surface area contributed by atoms with Crippen LogP contribution in [0.2, 0.25) is 0 Å². The first-order chi connectivity index (χ1) is 10.8. The first-order valence-electron chi connectivity index (χ1n) is 7.41. The molecule has 1 aromatic carbocycles. The Hall–Kier alpha value is -1.28. The van der Waals surface area contributed by atoms with Crippen LogP contribution in [0.15, 0.2) is 18.2 Å². The summed E-state index contributed by atoms with van der Waals surface area (Å²) in [4.78, 5) is 0. The van der Waals surface area contributed by atoms with E-state index in [0.29, 0.717) is 25.0 Å². The second-order valence-electron chi connectivity index (χ2n) is 6.59. The fourth-order valence-electron chi connectivity index (χ4n) is 2.89. The molecule has 1 atom stereocenters. The average molecular weight is 356 g/mol. The van der Waals surface area contributed by atoms with Crippen molar-refractivity contribution in [3.8, 4) is 0 Å². The van der Waals surface area contributed by atoms with E-state index in [-0.39, 0.29) is 24.2 Å². The monoisotopic (exact) mass is 356 g/mol. The van der Waals surface area contributed by atoms with Gasteiger partial charge in [-0.05, 0) is 56.4 Å². The summed E-state index contributed by atoms with van der Waals surface area (Å²) >= 11 is 0. The molecule has 0 spiro atoms. The highest BCUT2D eigenvalue weighted by molar-refractivity contribution is 5.34. The Labute approximate surface area is 135 Å². The summed E-state index contributed by atoms with van der Waals surface area (Å²) < 4.78 is 82.4. The minimum atomic E-state index is -4.87. The molecule has 1 aromatic rings. The van der Waals surface area contributed by atoms with Crippen LogP contribution >= 0.6 is 0 Å². The van der Waals surface area contributed by atoms with Gasteiger partial charge in [-0.15, -0.1) is 0 Å². The Kier molecular flexibility index (Phi) is 4.94. The lowest BCUT2D eigenvalue weighted by molar-refractivity contribution is -0.143. The van der Waals surface area contributed by atoms with E-state index < -0.39 is 35.2 Å². The van der Waals surface area contributed by atoms with Gasteiger partial charge in [0.15, 0.2) is 0 Å². The zero-order chi connectivity index (χ0) is 18.3. The number of ether oxygens (including phenoxy) is 1. The van der Waals surface area contributed by atoms with Crippen molar-refractivity contribution in [2.75, 3.05) is 6.61 Å². The van der Waals surface area contributed by atoms with Crippen LogP contribution in [0.5, 0.6) is 0 Å². The Bertz CT molecular complexity index is 551. The van der Waals surface area contributed by atoms with Crippen LogP contribution in [0.4, 0.5) is 26.3 Å². The minimum Gasteiger partial charge on any atom is -0.390 e. The molecule has 2 nitrogen and oxygen atoms in total. The molecule has 0 aromatic heterocycles. The zero-order valence-electron chi connectivity index (χ0n) is 13.1. The van der Waals surface area contributed by atoms with E-state index in [4.69, 9.17) is 4.74 Å². The molecule has 136 valence electrons. The fraction of sp³-hybridized carbons (Fsp3) is 0.625. The zero-order valence-corrected chi connectivity index (χ0v) is 13.1. The number of alkyl halides is 6. The predicted molar refractivity (Wildman–Crippen MR) is 74.2 cm³/mol. The average Bonchev–Trinajstić information content (AvgIpc) is 2.40. The van der Waals surface area contributed by atoms with E-state index in [1.165, 1.54) is 6.92 Å². The molecule has 0 bridgehead atoms. The molecule has 1 aliphatic carbocycles. The van der Waals surface area contributed by atoms with E-state index in [2.05, 4.69) is 0 Å². The van der Waals surface area contributed by atoms with Gasteiger partial charge >= 0.3 is 12.4 Å². The van der Waals surface area contributed by atoms with E-state index >= 15 is 0 Å². The molecule has 0 radical (unpaired) electrons. The van der Waals surface area contributed by atoms with Crippen LogP contribution in [0, 0.1) is 5.92 Å². The van der Waals surface area contributed by atoms with Gasteiger partial charge in [0.25, 0.3) is 0 Å². The standard InChI is InChI=1S/C16H18F6O2/c1-9(24-8-10-6-14(2,23)7-10)11-3-12(15(17,18)19)5-13(4-11)16(20,21)22/h3-5,9-10,23H,6-8H2,1-2H3/t9-,10?,14?/m1/s1. The van der Waals surface area contributed by atoms with E-state index in [0.717, 1.165) is 0 Å². The molecule has 1 saturated carbocycles. The van der Waals surface area contributed by atoms with Crippen molar-refractivity contribution in [1.29, 1.82) is 0 Å². The number of hydrogen-bond acceptors (Lipinski definition) is 2. The maximum absolute atomic E-state index is 12.8. The first-order valence-corrected chi connectivity index (χ1v) is 7.41. The predicted octanol–water partition coefficient (Wildman–Crippen LogP) is 4.96. The van der Waals surface area contributed by atoms with Gasteiger partial charge in [-0.1, -0.05) is 0 Å². The Balaban J connectivity index is 2.15. The molecule has 2 rings (SSSR count). The molecule has 0 saturated heterocycles. The molecule has 1 fully saturated rings. The van der Waals surface area contributed by atoms with Crippen LogP contribution in [0.25, 0.3) is 0 Å². The highest BCUT2D eigenvalue weighted by atomic mass is 19.4. The molecular formula is C16H18F6O2. The molecule has 24 heavy (non-hydrogen) atoms. The largest absolute Gasteiger partial charge is 0.416 e.